The monoisotopic (exact) mass is 316 g/mol. The van der Waals surface area contributed by atoms with Crippen molar-refractivity contribution >= 4 is 27.3 Å². The summed E-state index contributed by atoms with van der Waals surface area (Å²) in [6.45, 7) is 0.380. The van der Waals surface area contributed by atoms with Gasteiger partial charge in [-0.15, -0.1) is 0 Å². The highest BCUT2D eigenvalue weighted by Gasteiger charge is 2.23. The highest BCUT2D eigenvalue weighted by molar-refractivity contribution is 7.90. The molecule has 1 fully saturated rings. The second kappa shape index (κ2) is 6.11. The average Bonchev–Trinajstić information content (AvgIpc) is 3.13. The van der Waals surface area contributed by atoms with Crippen LogP contribution in [0.2, 0.25) is 5.02 Å². The van der Waals surface area contributed by atoms with Crippen molar-refractivity contribution in [3.05, 3.63) is 28.8 Å². The van der Waals surface area contributed by atoms with E-state index < -0.39 is 9.84 Å². The van der Waals surface area contributed by atoms with Gasteiger partial charge in [-0.2, -0.15) is 0 Å². The minimum atomic E-state index is -3.34. The average molecular weight is 317 g/mol. The Hall–Kier alpha value is -1.11. The van der Waals surface area contributed by atoms with Crippen molar-refractivity contribution in [2.24, 2.45) is 0 Å². The van der Waals surface area contributed by atoms with Gasteiger partial charge >= 0.3 is 0 Å². The standard InChI is InChI=1S/C13H17ClN2O3S/c1-20(18,19)12-4-2-3-11(14)10(12)7-15-8-13(17)16-9-5-6-9/h2-4,9,15H,5-8H2,1H3,(H,16,17). The first-order chi connectivity index (χ1) is 9.38. The smallest absolute Gasteiger partial charge is 0.234 e. The second-order valence-electron chi connectivity index (χ2n) is 4.93. The molecule has 0 aliphatic heterocycles. The largest absolute Gasteiger partial charge is 0.352 e. The fourth-order valence-corrected chi connectivity index (χ4v) is 3.12. The van der Waals surface area contributed by atoms with Gasteiger partial charge in [0.15, 0.2) is 9.84 Å². The Bertz CT molecular complexity index is 612. The highest BCUT2D eigenvalue weighted by atomic mass is 35.5. The van der Waals surface area contributed by atoms with Gasteiger partial charge in [0.1, 0.15) is 0 Å². The van der Waals surface area contributed by atoms with Gasteiger partial charge in [-0.3, -0.25) is 4.79 Å². The molecule has 1 saturated carbocycles. The van der Waals surface area contributed by atoms with Gasteiger partial charge in [0.05, 0.1) is 11.4 Å². The van der Waals surface area contributed by atoms with Crippen molar-refractivity contribution in [1.29, 1.82) is 0 Å². The van der Waals surface area contributed by atoms with Crippen molar-refractivity contribution in [2.75, 3.05) is 12.8 Å². The molecule has 1 aromatic carbocycles. The fraction of sp³-hybridized carbons (Fsp3) is 0.462. The Labute approximate surface area is 123 Å². The number of hydrogen-bond donors (Lipinski definition) is 2. The van der Waals surface area contributed by atoms with Crippen molar-refractivity contribution in [3.8, 4) is 0 Å². The van der Waals surface area contributed by atoms with Crippen molar-refractivity contribution in [2.45, 2.75) is 30.3 Å². The molecular weight excluding hydrogens is 300 g/mol. The number of amides is 1. The Balaban J connectivity index is 1.99. The van der Waals surface area contributed by atoms with E-state index in [9.17, 15) is 13.2 Å². The number of carbonyl (C=O) groups excluding carboxylic acids is 1. The van der Waals surface area contributed by atoms with E-state index in [1.165, 1.54) is 6.07 Å². The molecule has 0 aromatic heterocycles. The Morgan fingerprint density at radius 1 is 1.40 bits per heavy atom. The molecule has 0 bridgehead atoms. The molecule has 2 rings (SSSR count). The third-order valence-electron chi connectivity index (χ3n) is 3.01. The number of nitrogens with one attached hydrogen (secondary N) is 2. The van der Waals surface area contributed by atoms with Gasteiger partial charge in [-0.1, -0.05) is 17.7 Å². The zero-order valence-corrected chi connectivity index (χ0v) is 12.7. The molecule has 0 radical (unpaired) electrons. The van der Waals surface area contributed by atoms with Crippen LogP contribution in [0, 0.1) is 0 Å². The van der Waals surface area contributed by atoms with Crippen molar-refractivity contribution in [1.82, 2.24) is 10.6 Å². The van der Waals surface area contributed by atoms with Crippen LogP contribution in [0.3, 0.4) is 0 Å². The molecule has 0 spiro atoms. The van der Waals surface area contributed by atoms with E-state index in [-0.39, 0.29) is 23.9 Å². The number of sulfone groups is 1. The van der Waals surface area contributed by atoms with Crippen LogP contribution in [0.1, 0.15) is 18.4 Å². The minimum absolute atomic E-state index is 0.0829. The maximum absolute atomic E-state index is 11.7. The molecule has 1 aliphatic rings. The summed E-state index contributed by atoms with van der Waals surface area (Å²) < 4.78 is 23.4. The van der Waals surface area contributed by atoms with E-state index in [4.69, 9.17) is 11.6 Å². The summed E-state index contributed by atoms with van der Waals surface area (Å²) in [6.07, 6.45) is 3.21. The molecule has 0 atom stereocenters. The summed E-state index contributed by atoms with van der Waals surface area (Å²) in [6, 6.07) is 5.07. The van der Waals surface area contributed by atoms with Gasteiger partial charge in [-0.25, -0.2) is 8.42 Å². The number of rotatable bonds is 6. The van der Waals surface area contributed by atoms with Gasteiger partial charge in [-0.05, 0) is 25.0 Å². The topological polar surface area (TPSA) is 75.3 Å². The summed E-state index contributed by atoms with van der Waals surface area (Å²) in [5.74, 6) is -0.0829. The number of carbonyl (C=O) groups is 1. The summed E-state index contributed by atoms with van der Waals surface area (Å²) >= 11 is 6.04. The van der Waals surface area contributed by atoms with Gasteiger partial charge < -0.3 is 10.6 Å². The molecule has 110 valence electrons. The van der Waals surface area contributed by atoms with Crippen molar-refractivity contribution < 1.29 is 13.2 Å². The summed E-state index contributed by atoms with van der Waals surface area (Å²) in [4.78, 5) is 11.7. The van der Waals surface area contributed by atoms with E-state index in [0.717, 1.165) is 19.1 Å². The quantitative estimate of drug-likeness (QED) is 0.824. The van der Waals surface area contributed by atoms with Crippen molar-refractivity contribution in [3.63, 3.8) is 0 Å². The van der Waals surface area contributed by atoms with E-state index >= 15 is 0 Å². The molecule has 0 saturated heterocycles. The van der Waals surface area contributed by atoms with Crippen LogP contribution >= 0.6 is 11.6 Å². The van der Waals surface area contributed by atoms with Crippen LogP contribution in [0.4, 0.5) is 0 Å². The molecule has 1 aliphatic carbocycles. The van der Waals surface area contributed by atoms with E-state index in [1.54, 1.807) is 12.1 Å². The third-order valence-corrected chi connectivity index (χ3v) is 4.54. The zero-order valence-electron chi connectivity index (χ0n) is 11.1. The van der Waals surface area contributed by atoms with Crippen LogP contribution in [0.5, 0.6) is 0 Å². The van der Waals surface area contributed by atoms with Crippen LogP contribution in [0.25, 0.3) is 0 Å². The first kappa shape index (κ1) is 15.3. The zero-order chi connectivity index (χ0) is 14.8. The fourth-order valence-electron chi connectivity index (χ4n) is 1.87. The lowest BCUT2D eigenvalue weighted by atomic mass is 10.2. The summed E-state index contributed by atoms with van der Waals surface area (Å²) in [5.41, 5.74) is 0.496. The lowest BCUT2D eigenvalue weighted by molar-refractivity contribution is -0.120. The molecule has 7 heteroatoms. The number of halogens is 1. The Morgan fingerprint density at radius 2 is 2.10 bits per heavy atom. The van der Waals surface area contributed by atoms with Gasteiger partial charge in [0.2, 0.25) is 5.91 Å². The van der Waals surface area contributed by atoms with Crippen LogP contribution in [0.15, 0.2) is 23.1 Å². The summed E-state index contributed by atoms with van der Waals surface area (Å²) in [5, 5.41) is 6.15. The second-order valence-corrected chi connectivity index (χ2v) is 7.33. The van der Waals surface area contributed by atoms with Gasteiger partial charge in [0.25, 0.3) is 0 Å². The lowest BCUT2D eigenvalue weighted by Crippen LogP contribution is -2.35. The molecule has 5 nitrogen and oxygen atoms in total. The molecule has 1 aromatic rings. The van der Waals surface area contributed by atoms with Gasteiger partial charge in [0, 0.05) is 29.4 Å². The minimum Gasteiger partial charge on any atom is -0.352 e. The van der Waals surface area contributed by atoms with Crippen LogP contribution in [-0.2, 0) is 21.2 Å². The molecule has 20 heavy (non-hydrogen) atoms. The third kappa shape index (κ3) is 4.19. The Morgan fingerprint density at radius 3 is 2.70 bits per heavy atom. The normalized spacial score (nSPS) is 15.1. The van der Waals surface area contributed by atoms with Crippen LogP contribution < -0.4 is 10.6 Å². The lowest BCUT2D eigenvalue weighted by Gasteiger charge is -2.11. The molecule has 2 N–H and O–H groups in total. The first-order valence-corrected chi connectivity index (χ1v) is 8.62. The molecule has 0 heterocycles. The SMILES string of the molecule is CS(=O)(=O)c1cccc(Cl)c1CNCC(=O)NC1CC1. The Kier molecular flexibility index (Phi) is 4.67. The van der Waals surface area contributed by atoms with Crippen LogP contribution in [-0.4, -0.2) is 33.2 Å². The number of benzene rings is 1. The predicted molar refractivity (Wildman–Crippen MR) is 77.4 cm³/mol. The molecular formula is C13H17ClN2O3S. The van der Waals surface area contributed by atoms with E-state index in [2.05, 4.69) is 10.6 Å². The highest BCUT2D eigenvalue weighted by Crippen LogP contribution is 2.23. The maximum Gasteiger partial charge on any atom is 0.234 e. The summed E-state index contributed by atoms with van der Waals surface area (Å²) in [7, 11) is -3.34. The molecule has 1 amide bonds. The van der Waals surface area contributed by atoms with E-state index in [1.807, 2.05) is 0 Å². The predicted octanol–water partition coefficient (Wildman–Crippen LogP) is 1.11. The maximum atomic E-state index is 11.7. The number of hydrogen-bond acceptors (Lipinski definition) is 4. The molecule has 0 unspecified atom stereocenters. The van der Waals surface area contributed by atoms with E-state index in [0.29, 0.717) is 16.6 Å². The first-order valence-electron chi connectivity index (χ1n) is 6.35.